The van der Waals surface area contributed by atoms with Gasteiger partial charge in [-0.1, -0.05) is 0 Å². The SMILES string of the molecule is Cn1cccc1C(=O)NCCC1CN(Cc2ccsc2)Cc2ccnn21. The minimum absolute atomic E-state index is 0.0240. The Hall–Kier alpha value is -2.38. The summed E-state index contributed by atoms with van der Waals surface area (Å²) in [5, 5.41) is 11.9. The van der Waals surface area contributed by atoms with Gasteiger partial charge in [0.2, 0.25) is 0 Å². The minimum atomic E-state index is -0.0240. The molecule has 6 nitrogen and oxygen atoms in total. The van der Waals surface area contributed by atoms with E-state index in [1.807, 2.05) is 36.1 Å². The van der Waals surface area contributed by atoms with Gasteiger partial charge < -0.3 is 9.88 Å². The maximum atomic E-state index is 12.3. The molecule has 4 rings (SSSR count). The molecular formula is C19H23N5OS. The maximum absolute atomic E-state index is 12.3. The monoisotopic (exact) mass is 369 g/mol. The van der Waals surface area contributed by atoms with Crippen LogP contribution in [0.2, 0.25) is 0 Å². The molecule has 0 radical (unpaired) electrons. The van der Waals surface area contributed by atoms with Crippen LogP contribution in [0.5, 0.6) is 0 Å². The van der Waals surface area contributed by atoms with E-state index in [-0.39, 0.29) is 11.9 Å². The molecule has 1 aliphatic rings. The fourth-order valence-corrected chi connectivity index (χ4v) is 4.24. The Morgan fingerprint density at radius 3 is 3.08 bits per heavy atom. The first kappa shape index (κ1) is 17.1. The topological polar surface area (TPSA) is 55.1 Å². The normalized spacial score (nSPS) is 17.2. The van der Waals surface area contributed by atoms with Crippen molar-refractivity contribution in [1.29, 1.82) is 0 Å². The van der Waals surface area contributed by atoms with Gasteiger partial charge >= 0.3 is 0 Å². The van der Waals surface area contributed by atoms with Crippen LogP contribution in [0.25, 0.3) is 0 Å². The lowest BCUT2D eigenvalue weighted by Crippen LogP contribution is -2.39. The van der Waals surface area contributed by atoms with E-state index in [1.54, 1.807) is 11.3 Å². The smallest absolute Gasteiger partial charge is 0.267 e. The summed E-state index contributed by atoms with van der Waals surface area (Å²) in [6, 6.07) is 8.28. The number of hydrogen-bond acceptors (Lipinski definition) is 4. The highest BCUT2D eigenvalue weighted by Crippen LogP contribution is 2.24. The Kier molecular flexibility index (Phi) is 4.90. The predicted octanol–water partition coefficient (Wildman–Crippen LogP) is 2.66. The first-order chi connectivity index (χ1) is 12.7. The van der Waals surface area contributed by atoms with Gasteiger partial charge in [-0.15, -0.1) is 0 Å². The van der Waals surface area contributed by atoms with E-state index in [1.165, 1.54) is 11.3 Å². The van der Waals surface area contributed by atoms with Crippen LogP contribution in [-0.2, 0) is 20.1 Å². The van der Waals surface area contributed by atoms with Crippen molar-refractivity contribution < 1.29 is 4.79 Å². The lowest BCUT2D eigenvalue weighted by Gasteiger charge is -2.33. The summed E-state index contributed by atoms with van der Waals surface area (Å²) in [7, 11) is 1.88. The maximum Gasteiger partial charge on any atom is 0.267 e. The van der Waals surface area contributed by atoms with Crippen LogP contribution in [0, 0.1) is 0 Å². The molecule has 1 atom stereocenters. The van der Waals surface area contributed by atoms with E-state index in [0.717, 1.165) is 26.1 Å². The zero-order chi connectivity index (χ0) is 17.9. The second-order valence-corrected chi connectivity index (χ2v) is 7.55. The second kappa shape index (κ2) is 7.47. The first-order valence-corrected chi connectivity index (χ1v) is 9.80. The molecule has 1 amide bonds. The molecule has 136 valence electrons. The van der Waals surface area contributed by atoms with Crippen molar-refractivity contribution in [1.82, 2.24) is 24.6 Å². The number of aryl methyl sites for hydroxylation is 1. The molecule has 0 saturated heterocycles. The van der Waals surface area contributed by atoms with Gasteiger partial charge in [0.05, 0.1) is 11.7 Å². The Labute approximate surface area is 157 Å². The molecule has 26 heavy (non-hydrogen) atoms. The number of amides is 1. The summed E-state index contributed by atoms with van der Waals surface area (Å²) in [5.74, 6) is -0.0240. The zero-order valence-electron chi connectivity index (χ0n) is 14.8. The summed E-state index contributed by atoms with van der Waals surface area (Å²) < 4.78 is 3.96. The summed E-state index contributed by atoms with van der Waals surface area (Å²) in [4.78, 5) is 14.7. The third-order valence-corrected chi connectivity index (χ3v) is 5.61. The highest BCUT2D eigenvalue weighted by Gasteiger charge is 2.25. The number of hydrogen-bond donors (Lipinski definition) is 1. The molecule has 7 heteroatoms. The number of nitrogens with one attached hydrogen (secondary N) is 1. The van der Waals surface area contributed by atoms with Gasteiger partial charge in [0.15, 0.2) is 0 Å². The molecule has 0 bridgehead atoms. The summed E-state index contributed by atoms with van der Waals surface area (Å²) in [5.41, 5.74) is 3.29. The fourth-order valence-electron chi connectivity index (χ4n) is 3.58. The minimum Gasteiger partial charge on any atom is -0.351 e. The van der Waals surface area contributed by atoms with Crippen molar-refractivity contribution in [3.05, 3.63) is 64.4 Å². The van der Waals surface area contributed by atoms with E-state index in [9.17, 15) is 4.79 Å². The number of rotatable bonds is 6. The molecule has 3 aromatic rings. The lowest BCUT2D eigenvalue weighted by atomic mass is 10.1. The number of aromatic nitrogens is 3. The van der Waals surface area contributed by atoms with Gasteiger partial charge in [0.1, 0.15) is 5.69 Å². The van der Waals surface area contributed by atoms with Crippen LogP contribution in [0.4, 0.5) is 0 Å². The molecular weight excluding hydrogens is 346 g/mol. The molecule has 1 unspecified atom stereocenters. The Balaban J connectivity index is 1.37. The van der Waals surface area contributed by atoms with Crippen molar-refractivity contribution >= 4 is 17.2 Å². The molecule has 1 N–H and O–H groups in total. The number of thiophene rings is 1. The van der Waals surface area contributed by atoms with Crippen LogP contribution >= 0.6 is 11.3 Å². The van der Waals surface area contributed by atoms with Gasteiger partial charge in [-0.3, -0.25) is 14.4 Å². The summed E-state index contributed by atoms with van der Waals surface area (Å²) in [6.45, 7) is 3.47. The van der Waals surface area contributed by atoms with E-state index in [4.69, 9.17) is 0 Å². The van der Waals surface area contributed by atoms with Crippen molar-refractivity contribution in [3.8, 4) is 0 Å². The number of fused-ring (bicyclic) bond motifs is 1. The third kappa shape index (κ3) is 3.59. The molecule has 0 spiro atoms. The standard InChI is InChI=1S/C19H23N5OS/c1-22-9-2-3-18(22)19(25)20-7-4-16-12-23(11-15-6-10-26-14-15)13-17-5-8-21-24(16)17/h2-3,5-6,8-10,14,16H,4,7,11-13H2,1H3,(H,20,25). The lowest BCUT2D eigenvalue weighted by molar-refractivity contribution is 0.0939. The van der Waals surface area contributed by atoms with Crippen LogP contribution < -0.4 is 5.32 Å². The van der Waals surface area contributed by atoms with Crippen molar-refractivity contribution in [2.75, 3.05) is 13.1 Å². The summed E-state index contributed by atoms with van der Waals surface area (Å²) >= 11 is 1.74. The van der Waals surface area contributed by atoms with Crippen LogP contribution in [-0.4, -0.2) is 38.2 Å². The van der Waals surface area contributed by atoms with Gasteiger partial charge in [-0.2, -0.15) is 16.4 Å². The van der Waals surface area contributed by atoms with Crippen LogP contribution in [0.15, 0.2) is 47.4 Å². The molecule has 3 aromatic heterocycles. The van der Waals surface area contributed by atoms with Crippen LogP contribution in [0.3, 0.4) is 0 Å². The molecule has 0 aromatic carbocycles. The van der Waals surface area contributed by atoms with Crippen LogP contribution in [0.1, 0.15) is 34.2 Å². The average molecular weight is 369 g/mol. The van der Waals surface area contributed by atoms with Gasteiger partial charge in [0, 0.05) is 45.6 Å². The number of carbonyl (C=O) groups excluding carboxylic acids is 1. The largest absolute Gasteiger partial charge is 0.351 e. The highest BCUT2D eigenvalue weighted by molar-refractivity contribution is 7.07. The average Bonchev–Trinajstić information content (AvgIpc) is 3.36. The van der Waals surface area contributed by atoms with Gasteiger partial charge in [-0.25, -0.2) is 0 Å². The summed E-state index contributed by atoms with van der Waals surface area (Å²) in [6.07, 6.45) is 4.62. The van der Waals surface area contributed by atoms with E-state index in [0.29, 0.717) is 12.2 Å². The van der Waals surface area contributed by atoms with E-state index < -0.39 is 0 Å². The van der Waals surface area contributed by atoms with Crippen molar-refractivity contribution in [2.45, 2.75) is 25.6 Å². The zero-order valence-corrected chi connectivity index (χ0v) is 15.7. The third-order valence-electron chi connectivity index (χ3n) is 4.88. The predicted molar refractivity (Wildman–Crippen MR) is 102 cm³/mol. The van der Waals surface area contributed by atoms with Gasteiger partial charge in [-0.05, 0) is 47.0 Å². The molecule has 0 fully saturated rings. The fraction of sp³-hybridized carbons (Fsp3) is 0.368. The quantitative estimate of drug-likeness (QED) is 0.727. The first-order valence-electron chi connectivity index (χ1n) is 8.86. The highest BCUT2D eigenvalue weighted by atomic mass is 32.1. The van der Waals surface area contributed by atoms with Gasteiger partial charge in [0.25, 0.3) is 5.91 Å². The van der Waals surface area contributed by atoms with Crippen molar-refractivity contribution in [3.63, 3.8) is 0 Å². The molecule has 0 aliphatic carbocycles. The van der Waals surface area contributed by atoms with E-state index >= 15 is 0 Å². The number of carbonyl (C=O) groups is 1. The van der Waals surface area contributed by atoms with Crippen molar-refractivity contribution in [2.24, 2.45) is 7.05 Å². The Morgan fingerprint density at radius 2 is 2.31 bits per heavy atom. The number of nitrogens with zero attached hydrogens (tertiary/aromatic N) is 4. The Bertz CT molecular complexity index is 866. The molecule has 4 heterocycles. The second-order valence-electron chi connectivity index (χ2n) is 6.77. The molecule has 0 saturated carbocycles. The van der Waals surface area contributed by atoms with E-state index in [2.05, 4.69) is 42.9 Å². The Morgan fingerprint density at radius 1 is 1.38 bits per heavy atom. The molecule has 1 aliphatic heterocycles.